The molecule has 0 saturated heterocycles. The van der Waals surface area contributed by atoms with E-state index in [0.717, 1.165) is 28.8 Å². The van der Waals surface area contributed by atoms with E-state index in [1.807, 2.05) is 34.0 Å². The Morgan fingerprint density at radius 2 is 1.62 bits per heavy atom. The van der Waals surface area contributed by atoms with Gasteiger partial charge in [0.2, 0.25) is 0 Å². The molecule has 1 amide bonds. The van der Waals surface area contributed by atoms with Gasteiger partial charge in [0.1, 0.15) is 0 Å². The van der Waals surface area contributed by atoms with Crippen LogP contribution in [0.25, 0.3) is 11.0 Å². The maximum atomic E-state index is 12.4. The Morgan fingerprint density at radius 3 is 2.27 bits per heavy atom. The lowest BCUT2D eigenvalue weighted by Gasteiger charge is -2.12. The molecule has 0 atom stereocenters. The Morgan fingerprint density at radius 1 is 0.962 bits per heavy atom. The minimum atomic E-state index is -0.0863. The van der Waals surface area contributed by atoms with Crippen molar-refractivity contribution >= 4 is 22.6 Å². The number of carbonyl (C=O) groups is 1. The van der Waals surface area contributed by atoms with E-state index >= 15 is 0 Å². The van der Waals surface area contributed by atoms with Crippen molar-refractivity contribution in [2.45, 2.75) is 20.3 Å². The molecular formula is C21H24N4O. The number of hydrogen-bond acceptors (Lipinski definition) is 4. The zero-order valence-corrected chi connectivity index (χ0v) is 15.7. The number of anilines is 1. The van der Waals surface area contributed by atoms with Crippen LogP contribution in [0.5, 0.6) is 0 Å². The van der Waals surface area contributed by atoms with Gasteiger partial charge < -0.3 is 10.2 Å². The minimum Gasteiger partial charge on any atom is -0.378 e. The highest BCUT2D eigenvalue weighted by molar-refractivity contribution is 5.97. The SMILES string of the molecule is Cc1nc2ccc(C(=O)NCCc3ccc(N(C)C)cc3)cc2nc1C. The second-order valence-corrected chi connectivity index (χ2v) is 6.66. The molecule has 0 aliphatic carbocycles. The molecule has 0 bridgehead atoms. The minimum absolute atomic E-state index is 0.0863. The van der Waals surface area contributed by atoms with Crippen LogP contribution in [0.2, 0.25) is 0 Å². The Kier molecular flexibility index (Phi) is 5.16. The molecule has 1 N–H and O–H groups in total. The molecule has 3 rings (SSSR count). The Bertz CT molecular complexity index is 933. The number of amides is 1. The predicted octanol–water partition coefficient (Wildman–Crippen LogP) is 3.29. The summed E-state index contributed by atoms with van der Waals surface area (Å²) in [7, 11) is 4.04. The number of aryl methyl sites for hydroxylation is 2. The second-order valence-electron chi connectivity index (χ2n) is 6.66. The summed E-state index contributed by atoms with van der Waals surface area (Å²) in [4.78, 5) is 23.5. The topological polar surface area (TPSA) is 58.1 Å². The predicted molar refractivity (Wildman–Crippen MR) is 106 cm³/mol. The summed E-state index contributed by atoms with van der Waals surface area (Å²) >= 11 is 0. The molecule has 5 nitrogen and oxygen atoms in total. The Hall–Kier alpha value is -2.95. The summed E-state index contributed by atoms with van der Waals surface area (Å²) < 4.78 is 0. The van der Waals surface area contributed by atoms with Crippen LogP contribution in [0.3, 0.4) is 0 Å². The first-order valence-electron chi connectivity index (χ1n) is 8.73. The molecule has 0 radical (unpaired) electrons. The number of hydrogen-bond donors (Lipinski definition) is 1. The molecule has 3 aromatic rings. The Balaban J connectivity index is 1.62. The fourth-order valence-corrected chi connectivity index (χ4v) is 2.76. The van der Waals surface area contributed by atoms with Gasteiger partial charge in [-0.1, -0.05) is 12.1 Å². The lowest BCUT2D eigenvalue weighted by Crippen LogP contribution is -2.25. The van der Waals surface area contributed by atoms with Crippen LogP contribution in [0.4, 0.5) is 5.69 Å². The first-order chi connectivity index (χ1) is 12.4. The van der Waals surface area contributed by atoms with Crippen molar-refractivity contribution in [3.05, 3.63) is 65.0 Å². The maximum Gasteiger partial charge on any atom is 0.251 e. The van der Waals surface area contributed by atoms with Crippen LogP contribution in [0, 0.1) is 13.8 Å². The molecule has 0 saturated carbocycles. The van der Waals surface area contributed by atoms with Gasteiger partial charge in [0.25, 0.3) is 5.91 Å². The van der Waals surface area contributed by atoms with Gasteiger partial charge in [0, 0.05) is 31.9 Å². The summed E-state index contributed by atoms with van der Waals surface area (Å²) in [5.74, 6) is -0.0863. The summed E-state index contributed by atoms with van der Waals surface area (Å²) in [5.41, 5.74) is 6.34. The number of fused-ring (bicyclic) bond motifs is 1. The highest BCUT2D eigenvalue weighted by Gasteiger charge is 2.08. The van der Waals surface area contributed by atoms with Gasteiger partial charge in [-0.15, -0.1) is 0 Å². The number of aromatic nitrogens is 2. The lowest BCUT2D eigenvalue weighted by atomic mass is 10.1. The van der Waals surface area contributed by atoms with Crippen molar-refractivity contribution in [1.82, 2.24) is 15.3 Å². The van der Waals surface area contributed by atoms with E-state index in [2.05, 4.69) is 44.5 Å². The zero-order chi connectivity index (χ0) is 18.7. The third-order valence-electron chi connectivity index (χ3n) is 4.49. The van der Waals surface area contributed by atoms with Crippen LogP contribution in [-0.4, -0.2) is 36.5 Å². The smallest absolute Gasteiger partial charge is 0.251 e. The molecule has 1 aromatic heterocycles. The zero-order valence-electron chi connectivity index (χ0n) is 15.7. The fourth-order valence-electron chi connectivity index (χ4n) is 2.76. The van der Waals surface area contributed by atoms with Gasteiger partial charge >= 0.3 is 0 Å². The van der Waals surface area contributed by atoms with Crippen LogP contribution < -0.4 is 10.2 Å². The molecule has 0 spiro atoms. The van der Waals surface area contributed by atoms with Gasteiger partial charge in [-0.25, -0.2) is 9.97 Å². The van der Waals surface area contributed by atoms with Crippen LogP contribution in [0.15, 0.2) is 42.5 Å². The van der Waals surface area contributed by atoms with Crippen LogP contribution >= 0.6 is 0 Å². The summed E-state index contributed by atoms with van der Waals surface area (Å²) in [5, 5.41) is 2.98. The highest BCUT2D eigenvalue weighted by Crippen LogP contribution is 2.15. The quantitative estimate of drug-likeness (QED) is 0.769. The molecule has 26 heavy (non-hydrogen) atoms. The second kappa shape index (κ2) is 7.52. The van der Waals surface area contributed by atoms with Crippen molar-refractivity contribution in [3.63, 3.8) is 0 Å². The van der Waals surface area contributed by atoms with Gasteiger partial charge in [0.05, 0.1) is 22.4 Å². The van der Waals surface area contributed by atoms with Crippen molar-refractivity contribution < 1.29 is 4.79 Å². The van der Waals surface area contributed by atoms with E-state index in [-0.39, 0.29) is 5.91 Å². The fraction of sp³-hybridized carbons (Fsp3) is 0.286. The average Bonchev–Trinajstić information content (AvgIpc) is 2.62. The number of rotatable bonds is 5. The number of carbonyl (C=O) groups excluding carboxylic acids is 1. The van der Waals surface area contributed by atoms with Crippen LogP contribution in [-0.2, 0) is 6.42 Å². The van der Waals surface area contributed by atoms with Crippen molar-refractivity contribution in [2.24, 2.45) is 0 Å². The third kappa shape index (κ3) is 3.99. The van der Waals surface area contributed by atoms with Gasteiger partial charge in [0.15, 0.2) is 0 Å². The standard InChI is InChI=1S/C21H24N4O/c1-14-15(2)24-20-13-17(7-10-19(20)23-14)21(26)22-12-11-16-5-8-18(9-6-16)25(3)4/h5-10,13H,11-12H2,1-4H3,(H,22,26). The highest BCUT2D eigenvalue weighted by atomic mass is 16.1. The van der Waals surface area contributed by atoms with Gasteiger partial charge in [-0.2, -0.15) is 0 Å². The number of nitrogens with one attached hydrogen (secondary N) is 1. The first-order valence-corrected chi connectivity index (χ1v) is 8.73. The summed E-state index contributed by atoms with van der Waals surface area (Å²) in [6, 6.07) is 13.8. The van der Waals surface area contributed by atoms with Crippen molar-refractivity contribution in [3.8, 4) is 0 Å². The van der Waals surface area contributed by atoms with E-state index in [9.17, 15) is 4.79 Å². The molecule has 1 heterocycles. The monoisotopic (exact) mass is 348 g/mol. The molecule has 5 heteroatoms. The molecule has 0 aliphatic rings. The van der Waals surface area contributed by atoms with E-state index in [1.165, 1.54) is 11.3 Å². The molecular weight excluding hydrogens is 324 g/mol. The number of nitrogens with zero attached hydrogens (tertiary/aromatic N) is 3. The van der Waals surface area contributed by atoms with Gasteiger partial charge in [-0.05, 0) is 56.2 Å². The normalized spacial score (nSPS) is 10.8. The molecule has 134 valence electrons. The maximum absolute atomic E-state index is 12.4. The van der Waals surface area contributed by atoms with Crippen molar-refractivity contribution in [1.29, 1.82) is 0 Å². The van der Waals surface area contributed by atoms with E-state index in [0.29, 0.717) is 12.1 Å². The van der Waals surface area contributed by atoms with Gasteiger partial charge in [-0.3, -0.25) is 4.79 Å². The number of benzene rings is 2. The van der Waals surface area contributed by atoms with E-state index < -0.39 is 0 Å². The van der Waals surface area contributed by atoms with E-state index in [4.69, 9.17) is 0 Å². The Labute approximate surface area is 154 Å². The first kappa shape index (κ1) is 17.9. The average molecular weight is 348 g/mol. The summed E-state index contributed by atoms with van der Waals surface area (Å²) in [6.07, 6.45) is 0.797. The molecule has 0 unspecified atom stereocenters. The third-order valence-corrected chi connectivity index (χ3v) is 4.49. The van der Waals surface area contributed by atoms with Crippen LogP contribution in [0.1, 0.15) is 27.3 Å². The van der Waals surface area contributed by atoms with Crippen molar-refractivity contribution in [2.75, 3.05) is 25.5 Å². The summed E-state index contributed by atoms with van der Waals surface area (Å²) in [6.45, 7) is 4.46. The van der Waals surface area contributed by atoms with E-state index in [1.54, 1.807) is 12.1 Å². The molecule has 0 fully saturated rings. The molecule has 2 aromatic carbocycles. The lowest BCUT2D eigenvalue weighted by molar-refractivity contribution is 0.0954. The molecule has 0 aliphatic heterocycles. The largest absolute Gasteiger partial charge is 0.378 e.